The van der Waals surface area contributed by atoms with E-state index in [4.69, 9.17) is 14.2 Å². The zero-order chi connectivity index (χ0) is 18.9. The van der Waals surface area contributed by atoms with Crippen molar-refractivity contribution in [1.82, 2.24) is 0 Å². The number of amides is 1. The summed E-state index contributed by atoms with van der Waals surface area (Å²) in [6.07, 6.45) is 0. The van der Waals surface area contributed by atoms with Gasteiger partial charge in [-0.1, -0.05) is 36.4 Å². The third-order valence-corrected chi connectivity index (χ3v) is 3.82. The van der Waals surface area contributed by atoms with Crippen molar-refractivity contribution in [2.75, 3.05) is 25.6 Å². The summed E-state index contributed by atoms with van der Waals surface area (Å²) in [6.45, 7) is 0.800. The SMILES string of the molecule is COc1ccccc1NC(=O)c1cccc(OCCOc2ccccc2)c1. The van der Waals surface area contributed by atoms with Crippen molar-refractivity contribution in [3.63, 3.8) is 0 Å². The summed E-state index contributed by atoms with van der Waals surface area (Å²) in [5.74, 6) is 1.78. The Labute approximate surface area is 158 Å². The van der Waals surface area contributed by atoms with Gasteiger partial charge in [-0.2, -0.15) is 0 Å². The van der Waals surface area contributed by atoms with Crippen LogP contribution in [0.5, 0.6) is 17.2 Å². The second-order valence-electron chi connectivity index (χ2n) is 5.69. The van der Waals surface area contributed by atoms with Gasteiger partial charge in [0.2, 0.25) is 0 Å². The van der Waals surface area contributed by atoms with E-state index >= 15 is 0 Å². The standard InChI is InChI=1S/C22H21NO4/c1-25-21-13-6-5-12-20(21)23-22(24)17-8-7-11-19(16-17)27-15-14-26-18-9-3-2-4-10-18/h2-13,16H,14-15H2,1H3,(H,23,24). The molecule has 0 atom stereocenters. The molecular formula is C22H21NO4. The van der Waals surface area contributed by atoms with Gasteiger partial charge in [0, 0.05) is 5.56 Å². The second kappa shape index (κ2) is 9.29. The van der Waals surface area contributed by atoms with Crippen LogP contribution in [0.15, 0.2) is 78.9 Å². The predicted molar refractivity (Wildman–Crippen MR) is 105 cm³/mol. The molecule has 0 saturated heterocycles. The summed E-state index contributed by atoms with van der Waals surface area (Å²) in [6, 6.07) is 23.8. The van der Waals surface area contributed by atoms with Crippen molar-refractivity contribution in [2.24, 2.45) is 0 Å². The molecule has 3 aromatic carbocycles. The van der Waals surface area contributed by atoms with E-state index in [1.165, 1.54) is 0 Å². The molecule has 1 N–H and O–H groups in total. The number of carbonyl (C=O) groups is 1. The fraction of sp³-hybridized carbons (Fsp3) is 0.136. The van der Waals surface area contributed by atoms with Crippen molar-refractivity contribution < 1.29 is 19.0 Å². The molecule has 27 heavy (non-hydrogen) atoms. The lowest BCUT2D eigenvalue weighted by Crippen LogP contribution is -2.13. The Bertz CT molecular complexity index is 880. The van der Waals surface area contributed by atoms with Gasteiger partial charge in [0.15, 0.2) is 0 Å². The van der Waals surface area contributed by atoms with E-state index in [2.05, 4.69) is 5.32 Å². The Balaban J connectivity index is 1.55. The molecule has 138 valence electrons. The van der Waals surface area contributed by atoms with Crippen molar-refractivity contribution >= 4 is 11.6 Å². The number of nitrogens with one attached hydrogen (secondary N) is 1. The largest absolute Gasteiger partial charge is 0.495 e. The molecule has 5 heteroatoms. The van der Waals surface area contributed by atoms with Crippen molar-refractivity contribution in [3.05, 3.63) is 84.4 Å². The first-order valence-electron chi connectivity index (χ1n) is 8.61. The number of para-hydroxylation sites is 3. The van der Waals surface area contributed by atoms with Crippen molar-refractivity contribution in [1.29, 1.82) is 0 Å². The third kappa shape index (κ3) is 5.25. The lowest BCUT2D eigenvalue weighted by atomic mass is 10.2. The highest BCUT2D eigenvalue weighted by Gasteiger charge is 2.10. The van der Waals surface area contributed by atoms with E-state index in [1.54, 1.807) is 37.4 Å². The molecule has 0 saturated carbocycles. The van der Waals surface area contributed by atoms with Gasteiger partial charge >= 0.3 is 0 Å². The molecule has 3 aromatic rings. The minimum Gasteiger partial charge on any atom is -0.495 e. The second-order valence-corrected chi connectivity index (χ2v) is 5.69. The maximum atomic E-state index is 12.5. The molecule has 0 aliphatic heterocycles. The van der Waals surface area contributed by atoms with E-state index in [1.807, 2.05) is 48.5 Å². The number of benzene rings is 3. The molecular weight excluding hydrogens is 342 g/mol. The van der Waals surface area contributed by atoms with Crippen molar-refractivity contribution in [3.8, 4) is 17.2 Å². The normalized spacial score (nSPS) is 10.1. The molecule has 0 bridgehead atoms. The van der Waals surface area contributed by atoms with E-state index in [0.717, 1.165) is 5.75 Å². The fourth-order valence-corrected chi connectivity index (χ4v) is 2.51. The summed E-state index contributed by atoms with van der Waals surface area (Å²) in [7, 11) is 1.57. The highest BCUT2D eigenvalue weighted by molar-refractivity contribution is 6.05. The Morgan fingerprint density at radius 3 is 2.26 bits per heavy atom. The van der Waals surface area contributed by atoms with Crippen LogP contribution in [0.3, 0.4) is 0 Å². The molecule has 0 aromatic heterocycles. The topological polar surface area (TPSA) is 56.8 Å². The number of hydrogen-bond donors (Lipinski definition) is 1. The zero-order valence-corrected chi connectivity index (χ0v) is 15.1. The first-order chi connectivity index (χ1) is 13.3. The number of carbonyl (C=O) groups excluding carboxylic acids is 1. The van der Waals surface area contributed by atoms with Gasteiger partial charge in [-0.25, -0.2) is 0 Å². The number of ether oxygens (including phenoxy) is 3. The van der Waals surface area contributed by atoms with Gasteiger partial charge in [0.25, 0.3) is 5.91 Å². The van der Waals surface area contributed by atoms with Gasteiger partial charge in [-0.15, -0.1) is 0 Å². The lowest BCUT2D eigenvalue weighted by molar-refractivity contribution is 0.102. The van der Waals surface area contributed by atoms with Crippen LogP contribution in [0.25, 0.3) is 0 Å². The molecule has 5 nitrogen and oxygen atoms in total. The third-order valence-electron chi connectivity index (χ3n) is 3.82. The molecule has 0 fully saturated rings. The molecule has 3 rings (SSSR count). The van der Waals surface area contributed by atoms with Crippen LogP contribution >= 0.6 is 0 Å². The Morgan fingerprint density at radius 1 is 0.815 bits per heavy atom. The molecule has 0 heterocycles. The molecule has 0 spiro atoms. The minimum absolute atomic E-state index is 0.231. The monoisotopic (exact) mass is 363 g/mol. The first-order valence-corrected chi connectivity index (χ1v) is 8.61. The summed E-state index contributed by atoms with van der Waals surface area (Å²) < 4.78 is 16.5. The van der Waals surface area contributed by atoms with Crippen LogP contribution in [0.4, 0.5) is 5.69 Å². The first kappa shape index (κ1) is 18.3. The highest BCUT2D eigenvalue weighted by Crippen LogP contribution is 2.24. The van der Waals surface area contributed by atoms with Gasteiger partial charge < -0.3 is 19.5 Å². The maximum Gasteiger partial charge on any atom is 0.255 e. The Kier molecular flexibility index (Phi) is 6.30. The zero-order valence-electron chi connectivity index (χ0n) is 15.1. The number of rotatable bonds is 8. The number of methoxy groups -OCH3 is 1. The Morgan fingerprint density at radius 2 is 1.48 bits per heavy atom. The van der Waals surface area contributed by atoms with Crippen LogP contribution in [-0.4, -0.2) is 26.2 Å². The molecule has 0 aliphatic carbocycles. The Hall–Kier alpha value is -3.47. The highest BCUT2D eigenvalue weighted by atomic mass is 16.5. The van der Waals surface area contributed by atoms with Gasteiger partial charge in [0.1, 0.15) is 30.5 Å². The van der Waals surface area contributed by atoms with Gasteiger partial charge in [-0.05, 0) is 42.5 Å². The number of hydrogen-bond acceptors (Lipinski definition) is 4. The van der Waals surface area contributed by atoms with E-state index < -0.39 is 0 Å². The fourth-order valence-electron chi connectivity index (χ4n) is 2.51. The summed E-state index contributed by atoms with van der Waals surface area (Å²) in [5.41, 5.74) is 1.12. The average molecular weight is 363 g/mol. The quantitative estimate of drug-likeness (QED) is 0.603. The van der Waals surface area contributed by atoms with E-state index in [-0.39, 0.29) is 5.91 Å². The van der Waals surface area contributed by atoms with Crippen LogP contribution < -0.4 is 19.5 Å². The lowest BCUT2D eigenvalue weighted by Gasteiger charge is -2.11. The van der Waals surface area contributed by atoms with Gasteiger partial charge in [0.05, 0.1) is 12.8 Å². The van der Waals surface area contributed by atoms with Crippen LogP contribution in [0, 0.1) is 0 Å². The van der Waals surface area contributed by atoms with E-state index in [9.17, 15) is 4.79 Å². The van der Waals surface area contributed by atoms with Crippen LogP contribution in [0.2, 0.25) is 0 Å². The molecule has 0 radical (unpaired) electrons. The molecule has 0 unspecified atom stereocenters. The van der Waals surface area contributed by atoms with Crippen LogP contribution in [0.1, 0.15) is 10.4 Å². The van der Waals surface area contributed by atoms with Crippen LogP contribution in [-0.2, 0) is 0 Å². The van der Waals surface area contributed by atoms with Gasteiger partial charge in [-0.3, -0.25) is 4.79 Å². The summed E-state index contributed by atoms with van der Waals surface area (Å²) in [5, 5.41) is 2.85. The predicted octanol–water partition coefficient (Wildman–Crippen LogP) is 4.41. The maximum absolute atomic E-state index is 12.5. The number of anilines is 1. The average Bonchev–Trinajstić information content (AvgIpc) is 2.72. The minimum atomic E-state index is -0.231. The summed E-state index contributed by atoms with van der Waals surface area (Å²) in [4.78, 5) is 12.5. The molecule has 0 aliphatic rings. The summed E-state index contributed by atoms with van der Waals surface area (Å²) >= 11 is 0. The smallest absolute Gasteiger partial charge is 0.255 e. The van der Waals surface area contributed by atoms with E-state index in [0.29, 0.717) is 36.0 Å². The van der Waals surface area contributed by atoms with Crippen molar-refractivity contribution in [2.45, 2.75) is 0 Å². The molecule has 1 amide bonds.